The molecule has 3 aromatic heterocycles. The first-order valence-electron chi connectivity index (χ1n) is 11.4. The highest BCUT2D eigenvalue weighted by molar-refractivity contribution is 7.23. The molecule has 0 aliphatic carbocycles. The van der Waals surface area contributed by atoms with Gasteiger partial charge in [0.1, 0.15) is 5.76 Å². The van der Waals surface area contributed by atoms with E-state index in [0.29, 0.717) is 29.4 Å². The molecule has 36 heavy (non-hydrogen) atoms. The summed E-state index contributed by atoms with van der Waals surface area (Å²) in [6.07, 6.45) is 1.93. The molecule has 5 rings (SSSR count). The number of hydrogen-bond acceptors (Lipinski definition) is 7. The Kier molecular flexibility index (Phi) is 5.76. The molecule has 2 amide bonds. The van der Waals surface area contributed by atoms with Gasteiger partial charge in [-0.05, 0) is 37.3 Å². The number of carbonyl (C=O) groups excluding carboxylic acids is 2. The smallest absolute Gasteiger partial charge is 0.338 e. The predicted molar refractivity (Wildman–Crippen MR) is 139 cm³/mol. The minimum absolute atomic E-state index is 0.265. The Morgan fingerprint density at radius 2 is 1.97 bits per heavy atom. The van der Waals surface area contributed by atoms with Crippen molar-refractivity contribution in [3.8, 4) is 11.3 Å². The summed E-state index contributed by atoms with van der Waals surface area (Å²) < 4.78 is 13.5. The minimum Gasteiger partial charge on any atom is -0.462 e. The van der Waals surface area contributed by atoms with E-state index in [4.69, 9.17) is 20.0 Å². The van der Waals surface area contributed by atoms with Gasteiger partial charge in [0.25, 0.3) is 0 Å². The number of nitrogens with two attached hydrogens (primary N) is 1. The van der Waals surface area contributed by atoms with Crippen molar-refractivity contribution >= 4 is 50.0 Å². The lowest BCUT2D eigenvalue weighted by Crippen LogP contribution is -2.31. The maximum atomic E-state index is 12.4. The first-order valence-corrected chi connectivity index (χ1v) is 12.2. The second-order valence-corrected chi connectivity index (χ2v) is 10.3. The Bertz CT molecular complexity index is 1610. The summed E-state index contributed by atoms with van der Waals surface area (Å²) in [6, 6.07) is 13.9. The number of rotatable bonds is 5. The SMILES string of the molecule is CCOC(=O)c1ccc2c(c1)sc1nc(-c3cccc(N(C(N)=O)c4cc(C(C)(C)C)on4)c3)cn12. The first-order chi connectivity index (χ1) is 17.2. The van der Waals surface area contributed by atoms with Crippen LogP contribution in [0.3, 0.4) is 0 Å². The highest BCUT2D eigenvalue weighted by Crippen LogP contribution is 2.34. The third kappa shape index (κ3) is 4.20. The number of thiazole rings is 1. The van der Waals surface area contributed by atoms with Gasteiger partial charge in [-0.3, -0.25) is 4.40 Å². The van der Waals surface area contributed by atoms with E-state index in [2.05, 4.69) is 5.16 Å². The van der Waals surface area contributed by atoms with Crippen LogP contribution in [0.2, 0.25) is 0 Å². The number of nitrogens with zero attached hydrogens (tertiary/aromatic N) is 4. The lowest BCUT2D eigenvalue weighted by molar-refractivity contribution is 0.0526. The molecule has 0 bridgehead atoms. The monoisotopic (exact) mass is 503 g/mol. The topological polar surface area (TPSA) is 116 Å². The molecule has 0 radical (unpaired) electrons. The van der Waals surface area contributed by atoms with Crippen molar-refractivity contribution in [1.29, 1.82) is 0 Å². The zero-order valence-corrected chi connectivity index (χ0v) is 21.1. The maximum absolute atomic E-state index is 12.4. The van der Waals surface area contributed by atoms with Crippen molar-refractivity contribution in [2.75, 3.05) is 11.5 Å². The summed E-state index contributed by atoms with van der Waals surface area (Å²) in [4.78, 5) is 31.3. The zero-order valence-electron chi connectivity index (χ0n) is 20.3. The number of urea groups is 1. The van der Waals surface area contributed by atoms with E-state index in [-0.39, 0.29) is 11.4 Å². The van der Waals surface area contributed by atoms with Gasteiger partial charge in [0.15, 0.2) is 10.8 Å². The van der Waals surface area contributed by atoms with Crippen molar-refractivity contribution in [2.24, 2.45) is 5.73 Å². The maximum Gasteiger partial charge on any atom is 0.338 e. The molecule has 0 aliphatic heterocycles. The van der Waals surface area contributed by atoms with Crippen molar-refractivity contribution in [3.63, 3.8) is 0 Å². The average Bonchev–Trinajstić information content (AvgIpc) is 3.53. The van der Waals surface area contributed by atoms with Gasteiger partial charge in [-0.25, -0.2) is 19.5 Å². The van der Waals surface area contributed by atoms with Crippen molar-refractivity contribution < 1.29 is 18.8 Å². The summed E-state index contributed by atoms with van der Waals surface area (Å²) in [6.45, 7) is 8.10. The molecule has 3 heterocycles. The van der Waals surface area contributed by atoms with E-state index in [1.807, 2.05) is 61.7 Å². The van der Waals surface area contributed by atoms with E-state index in [1.165, 1.54) is 16.2 Å². The summed E-state index contributed by atoms with van der Waals surface area (Å²) in [5.41, 5.74) is 9.00. The van der Waals surface area contributed by atoms with E-state index in [1.54, 1.807) is 25.1 Å². The van der Waals surface area contributed by atoms with Gasteiger partial charge in [-0.15, -0.1) is 0 Å². The quantitative estimate of drug-likeness (QED) is 0.299. The molecule has 0 fully saturated rings. The van der Waals surface area contributed by atoms with Crippen LogP contribution in [0.25, 0.3) is 26.4 Å². The molecule has 9 nitrogen and oxygen atoms in total. The van der Waals surface area contributed by atoms with Gasteiger partial charge in [-0.1, -0.05) is 49.4 Å². The van der Waals surface area contributed by atoms with Crippen LogP contribution in [-0.4, -0.2) is 33.1 Å². The second kappa shape index (κ2) is 8.80. The molecule has 2 aromatic carbocycles. The standard InChI is InChI=1S/C26H25N5O4S/c1-5-34-23(32)16-9-10-19-20(12-16)36-25-28-18(14-30(19)25)15-7-6-8-17(11-15)31(24(27)33)22-13-21(35-29-22)26(2,3)4/h6-14H,5H2,1-4H3,(H2,27,33). The summed E-state index contributed by atoms with van der Waals surface area (Å²) in [7, 11) is 0. The van der Waals surface area contributed by atoms with Gasteiger partial charge < -0.3 is 15.0 Å². The van der Waals surface area contributed by atoms with Crippen molar-refractivity contribution in [2.45, 2.75) is 33.1 Å². The molecule has 0 saturated carbocycles. The summed E-state index contributed by atoms with van der Waals surface area (Å²) >= 11 is 1.48. The predicted octanol–water partition coefficient (Wildman–Crippen LogP) is 5.90. The van der Waals surface area contributed by atoms with Crippen LogP contribution < -0.4 is 10.6 Å². The number of ether oxygens (including phenoxy) is 1. The lowest BCUT2D eigenvalue weighted by Gasteiger charge is -2.18. The van der Waals surface area contributed by atoms with Crippen LogP contribution in [0, 0.1) is 0 Å². The third-order valence-electron chi connectivity index (χ3n) is 5.69. The van der Waals surface area contributed by atoms with Gasteiger partial charge >= 0.3 is 12.0 Å². The minimum atomic E-state index is -0.671. The van der Waals surface area contributed by atoms with E-state index >= 15 is 0 Å². The Balaban J connectivity index is 1.51. The fraction of sp³-hybridized carbons (Fsp3) is 0.231. The molecule has 0 saturated heterocycles. The largest absolute Gasteiger partial charge is 0.462 e. The van der Waals surface area contributed by atoms with Gasteiger partial charge in [-0.2, -0.15) is 0 Å². The highest BCUT2D eigenvalue weighted by Gasteiger charge is 2.25. The van der Waals surface area contributed by atoms with Gasteiger partial charge in [0, 0.05) is 23.2 Å². The number of esters is 1. The van der Waals surface area contributed by atoms with Crippen LogP contribution in [0.1, 0.15) is 43.8 Å². The van der Waals surface area contributed by atoms with Gasteiger partial charge in [0.05, 0.1) is 33.8 Å². The average molecular weight is 504 g/mol. The number of hydrogen-bond donors (Lipinski definition) is 1. The molecule has 0 spiro atoms. The molecule has 184 valence electrons. The molecule has 0 unspecified atom stereocenters. The number of primary amides is 1. The van der Waals surface area contributed by atoms with Crippen LogP contribution in [-0.2, 0) is 10.2 Å². The first kappa shape index (κ1) is 23.6. The number of imidazole rings is 1. The Morgan fingerprint density at radius 1 is 1.17 bits per heavy atom. The van der Waals surface area contributed by atoms with E-state index in [9.17, 15) is 9.59 Å². The van der Waals surface area contributed by atoms with Crippen LogP contribution in [0.15, 0.2) is 59.3 Å². The number of fused-ring (bicyclic) bond motifs is 3. The Morgan fingerprint density at radius 3 is 2.67 bits per heavy atom. The second-order valence-electron chi connectivity index (χ2n) is 9.31. The summed E-state index contributed by atoms with van der Waals surface area (Å²) in [5.74, 6) is 0.620. The summed E-state index contributed by atoms with van der Waals surface area (Å²) in [5, 5.41) is 4.07. The Hall–Kier alpha value is -4.18. The lowest BCUT2D eigenvalue weighted by atomic mass is 9.93. The normalized spacial score (nSPS) is 11.8. The van der Waals surface area contributed by atoms with Crippen molar-refractivity contribution in [1.82, 2.24) is 14.5 Å². The zero-order chi connectivity index (χ0) is 25.6. The molecule has 2 N–H and O–H groups in total. The van der Waals surface area contributed by atoms with E-state index in [0.717, 1.165) is 26.4 Å². The molecular formula is C26H25N5O4S. The Labute approximate surface area is 211 Å². The molecule has 0 atom stereocenters. The number of benzene rings is 2. The molecular weight excluding hydrogens is 478 g/mol. The van der Waals surface area contributed by atoms with Crippen molar-refractivity contribution in [3.05, 3.63) is 66.1 Å². The number of amides is 2. The highest BCUT2D eigenvalue weighted by atomic mass is 32.1. The number of anilines is 2. The number of carbonyl (C=O) groups is 2. The van der Waals surface area contributed by atoms with Crippen LogP contribution in [0.5, 0.6) is 0 Å². The molecule has 5 aromatic rings. The third-order valence-corrected chi connectivity index (χ3v) is 6.71. The fourth-order valence-corrected chi connectivity index (χ4v) is 4.93. The van der Waals surface area contributed by atoms with E-state index < -0.39 is 6.03 Å². The van der Waals surface area contributed by atoms with Crippen LogP contribution >= 0.6 is 11.3 Å². The fourth-order valence-electron chi connectivity index (χ4n) is 3.88. The van der Waals surface area contributed by atoms with Crippen LogP contribution in [0.4, 0.5) is 16.3 Å². The molecule has 10 heteroatoms. The number of aromatic nitrogens is 3. The van der Waals surface area contributed by atoms with Gasteiger partial charge in [0.2, 0.25) is 0 Å². The molecule has 0 aliphatic rings.